The van der Waals surface area contributed by atoms with Crippen LogP contribution in [0, 0.1) is 0 Å². The quantitative estimate of drug-likeness (QED) is 0.0438. The van der Waals surface area contributed by atoms with Crippen molar-refractivity contribution in [2.45, 2.75) is 82.1 Å². The number of carbonyl (C=O) groups excluding carboxylic acids is 5. The van der Waals surface area contributed by atoms with Crippen molar-refractivity contribution in [1.82, 2.24) is 15.1 Å². The molecule has 4 aromatic carbocycles. The van der Waals surface area contributed by atoms with Gasteiger partial charge >= 0.3 is 0 Å². The molecule has 4 aromatic rings. The summed E-state index contributed by atoms with van der Waals surface area (Å²) in [7, 11) is 1.83. The number of thioether (sulfide) groups is 1. The summed E-state index contributed by atoms with van der Waals surface area (Å²) in [4.78, 5) is 66.7. The molecule has 0 spiro atoms. The minimum absolute atomic E-state index is 0.0938. The Balaban J connectivity index is 0.872. The molecule has 10 heteroatoms. The number of piperidine rings is 1. The monoisotopic (exact) mass is 785 g/mol. The standard InChI is InChI=1S/C47H51N3O6S/c1-3-37(33-17-10-8-11-18-33)43(34-19-12-9-13-20-34)35-24-26-36(27-25-35)56-31-30-49(2)42(52)23-14-6-4-5-7-15-32-57-40-22-16-21-38-44(40)47(55)50(46(38)54)39-28-29-41(51)48-45(39)53/h8-13,16-22,24-27,39H,3-7,14-15,23,28-32H2,1-2H3,(H,48,51,53)/b43-37-. The summed E-state index contributed by atoms with van der Waals surface area (Å²) >= 11 is 1.55. The number of hydrogen-bond donors (Lipinski definition) is 1. The zero-order valence-corrected chi connectivity index (χ0v) is 33.7. The highest BCUT2D eigenvalue weighted by Crippen LogP contribution is 2.36. The van der Waals surface area contributed by atoms with Crippen molar-refractivity contribution >= 4 is 52.4 Å². The van der Waals surface area contributed by atoms with Crippen LogP contribution in [0.15, 0.2) is 108 Å². The smallest absolute Gasteiger partial charge is 0.263 e. The summed E-state index contributed by atoms with van der Waals surface area (Å²) in [6.07, 6.45) is 7.55. The van der Waals surface area contributed by atoms with Gasteiger partial charge in [-0.25, -0.2) is 0 Å². The summed E-state index contributed by atoms with van der Waals surface area (Å²) in [5, 5.41) is 2.24. The maximum absolute atomic E-state index is 13.3. The first-order chi connectivity index (χ1) is 27.8. The highest BCUT2D eigenvalue weighted by molar-refractivity contribution is 7.99. The average Bonchev–Trinajstić information content (AvgIpc) is 3.49. The van der Waals surface area contributed by atoms with E-state index in [1.807, 2.05) is 37.4 Å². The van der Waals surface area contributed by atoms with Crippen molar-refractivity contribution in [2.24, 2.45) is 0 Å². The molecule has 2 heterocycles. The number of allylic oxidation sites excluding steroid dienone is 1. The van der Waals surface area contributed by atoms with E-state index in [0.717, 1.165) is 71.8 Å². The fourth-order valence-corrected chi connectivity index (χ4v) is 8.57. The van der Waals surface area contributed by atoms with E-state index < -0.39 is 29.7 Å². The zero-order chi connectivity index (χ0) is 40.1. The van der Waals surface area contributed by atoms with E-state index >= 15 is 0 Å². The van der Waals surface area contributed by atoms with Gasteiger partial charge in [-0.1, -0.05) is 111 Å². The Morgan fingerprint density at radius 3 is 2.11 bits per heavy atom. The number of rotatable bonds is 19. The molecule has 296 valence electrons. The third-order valence-corrected chi connectivity index (χ3v) is 11.7. The number of hydrogen-bond acceptors (Lipinski definition) is 7. The van der Waals surface area contributed by atoms with E-state index in [1.165, 1.54) is 22.3 Å². The van der Waals surface area contributed by atoms with Gasteiger partial charge in [-0.15, -0.1) is 11.8 Å². The number of carbonyl (C=O) groups is 5. The average molecular weight is 786 g/mol. The second-order valence-electron chi connectivity index (χ2n) is 14.5. The van der Waals surface area contributed by atoms with E-state index in [2.05, 4.69) is 72.9 Å². The highest BCUT2D eigenvalue weighted by Gasteiger charge is 2.45. The Bertz CT molecular complexity index is 2080. The van der Waals surface area contributed by atoms with Gasteiger partial charge in [-0.2, -0.15) is 0 Å². The van der Waals surface area contributed by atoms with Gasteiger partial charge in [-0.05, 0) is 83.5 Å². The van der Waals surface area contributed by atoms with Gasteiger partial charge in [0.2, 0.25) is 17.7 Å². The SMILES string of the molecule is CC/C(=C(\c1ccccc1)c1ccc(OCCN(C)C(=O)CCCCCCCCSc2cccc3c2C(=O)N(C2CCC(=O)NC2=O)C3=O)cc1)c1ccccc1. The number of unbranched alkanes of at least 4 members (excludes halogenated alkanes) is 5. The summed E-state index contributed by atoms with van der Waals surface area (Å²) in [6.45, 7) is 3.13. The van der Waals surface area contributed by atoms with Crippen LogP contribution < -0.4 is 10.1 Å². The number of fused-ring (bicyclic) bond motifs is 1. The van der Waals surface area contributed by atoms with Gasteiger partial charge in [0.05, 0.1) is 17.7 Å². The number of imide groups is 2. The normalized spacial score (nSPS) is 15.6. The predicted octanol–water partition coefficient (Wildman–Crippen LogP) is 8.82. The lowest BCUT2D eigenvalue weighted by atomic mass is 9.88. The molecule has 6 rings (SSSR count). The molecule has 2 aliphatic rings. The van der Waals surface area contributed by atoms with Crippen LogP contribution in [0.25, 0.3) is 11.1 Å². The molecule has 0 radical (unpaired) electrons. The number of ether oxygens (including phenoxy) is 1. The zero-order valence-electron chi connectivity index (χ0n) is 32.8. The van der Waals surface area contributed by atoms with E-state index in [1.54, 1.807) is 28.8 Å². The van der Waals surface area contributed by atoms with Gasteiger partial charge < -0.3 is 9.64 Å². The van der Waals surface area contributed by atoms with Crippen LogP contribution in [-0.2, 0) is 14.4 Å². The number of amides is 5. The van der Waals surface area contributed by atoms with Gasteiger partial charge in [0.1, 0.15) is 18.4 Å². The van der Waals surface area contributed by atoms with Crippen molar-refractivity contribution in [1.29, 1.82) is 0 Å². The van der Waals surface area contributed by atoms with Crippen LogP contribution >= 0.6 is 11.8 Å². The van der Waals surface area contributed by atoms with Crippen LogP contribution in [0.3, 0.4) is 0 Å². The molecule has 0 bridgehead atoms. The van der Waals surface area contributed by atoms with Crippen LogP contribution in [-0.4, -0.2) is 71.3 Å². The molecule has 1 atom stereocenters. The summed E-state index contributed by atoms with van der Waals surface area (Å²) in [6, 6.07) is 33.5. The first-order valence-electron chi connectivity index (χ1n) is 20.1. The molecular formula is C47H51N3O6S. The summed E-state index contributed by atoms with van der Waals surface area (Å²) in [5.74, 6) is -0.260. The van der Waals surface area contributed by atoms with Gasteiger partial charge in [0.15, 0.2) is 0 Å². The molecule has 1 saturated heterocycles. The Labute approximate surface area is 339 Å². The number of nitrogens with one attached hydrogen (secondary N) is 1. The second-order valence-corrected chi connectivity index (χ2v) is 15.6. The van der Waals surface area contributed by atoms with Crippen LogP contribution in [0.4, 0.5) is 0 Å². The van der Waals surface area contributed by atoms with Crippen molar-refractivity contribution in [2.75, 3.05) is 26.0 Å². The lowest BCUT2D eigenvalue weighted by molar-refractivity contribution is -0.136. The van der Waals surface area contributed by atoms with Gasteiger partial charge in [-0.3, -0.25) is 34.2 Å². The molecule has 1 fully saturated rings. The first-order valence-corrected chi connectivity index (χ1v) is 21.0. The molecular weight excluding hydrogens is 735 g/mol. The highest BCUT2D eigenvalue weighted by atomic mass is 32.2. The minimum Gasteiger partial charge on any atom is -0.492 e. The van der Waals surface area contributed by atoms with E-state index in [-0.39, 0.29) is 18.7 Å². The Morgan fingerprint density at radius 2 is 1.42 bits per heavy atom. The lowest BCUT2D eigenvalue weighted by Gasteiger charge is -2.27. The van der Waals surface area contributed by atoms with Gasteiger partial charge in [0, 0.05) is 24.8 Å². The molecule has 0 saturated carbocycles. The van der Waals surface area contributed by atoms with E-state index in [9.17, 15) is 24.0 Å². The number of nitrogens with zero attached hydrogens (tertiary/aromatic N) is 2. The van der Waals surface area contributed by atoms with Crippen LogP contribution in [0.5, 0.6) is 5.75 Å². The molecule has 2 aliphatic heterocycles. The molecule has 57 heavy (non-hydrogen) atoms. The van der Waals surface area contributed by atoms with E-state index in [0.29, 0.717) is 30.7 Å². The van der Waals surface area contributed by atoms with Crippen molar-refractivity contribution in [3.05, 3.63) is 131 Å². The Hall–Kier alpha value is -5.48. The fourth-order valence-electron chi connectivity index (χ4n) is 7.49. The van der Waals surface area contributed by atoms with Crippen LogP contribution in [0.1, 0.15) is 109 Å². The minimum atomic E-state index is -0.968. The molecule has 0 aromatic heterocycles. The van der Waals surface area contributed by atoms with Gasteiger partial charge in [0.25, 0.3) is 11.8 Å². The van der Waals surface area contributed by atoms with Crippen molar-refractivity contribution in [3.63, 3.8) is 0 Å². The molecule has 5 amide bonds. The number of benzene rings is 4. The first kappa shape index (κ1) is 41.2. The molecule has 1 N–H and O–H groups in total. The van der Waals surface area contributed by atoms with Crippen molar-refractivity contribution < 1.29 is 28.7 Å². The van der Waals surface area contributed by atoms with Crippen molar-refractivity contribution in [3.8, 4) is 5.75 Å². The summed E-state index contributed by atoms with van der Waals surface area (Å²) < 4.78 is 6.06. The second kappa shape index (κ2) is 20.1. The lowest BCUT2D eigenvalue weighted by Crippen LogP contribution is -2.54. The topological polar surface area (TPSA) is 113 Å². The fraction of sp³-hybridized carbons (Fsp3) is 0.340. The predicted molar refractivity (Wildman–Crippen MR) is 225 cm³/mol. The molecule has 9 nitrogen and oxygen atoms in total. The molecule has 1 unspecified atom stereocenters. The molecule has 0 aliphatic carbocycles. The number of likely N-dealkylation sites (N-methyl/N-ethyl adjacent to an activating group) is 1. The third-order valence-electron chi connectivity index (χ3n) is 10.6. The Kier molecular flexibility index (Phi) is 14.5. The Morgan fingerprint density at radius 1 is 0.772 bits per heavy atom. The largest absolute Gasteiger partial charge is 0.492 e. The van der Waals surface area contributed by atoms with E-state index in [4.69, 9.17) is 4.74 Å². The maximum atomic E-state index is 13.3. The maximum Gasteiger partial charge on any atom is 0.263 e. The van der Waals surface area contributed by atoms with Crippen LogP contribution in [0.2, 0.25) is 0 Å². The third kappa shape index (κ3) is 10.3. The summed E-state index contributed by atoms with van der Waals surface area (Å²) in [5.41, 5.74) is 6.69.